The van der Waals surface area contributed by atoms with Gasteiger partial charge in [0.25, 0.3) is 0 Å². The quantitative estimate of drug-likeness (QED) is 0.728. The molecule has 4 aliphatic carbocycles. The molecule has 0 amide bonds. The molecule has 0 spiro atoms. The molecular weight excluding hydrogens is 235 g/mol. The Balaban J connectivity index is 1.45. The summed E-state index contributed by atoms with van der Waals surface area (Å²) in [7, 11) is 0. The van der Waals surface area contributed by atoms with Crippen molar-refractivity contribution in [2.45, 2.75) is 44.9 Å². The molecule has 0 aliphatic heterocycles. The van der Waals surface area contributed by atoms with Gasteiger partial charge < -0.3 is 0 Å². The van der Waals surface area contributed by atoms with Crippen LogP contribution in [-0.2, 0) is 6.42 Å². The van der Waals surface area contributed by atoms with Crippen LogP contribution in [0.15, 0.2) is 24.3 Å². The van der Waals surface area contributed by atoms with Crippen molar-refractivity contribution in [3.05, 3.63) is 35.6 Å². The molecule has 0 radical (unpaired) electrons. The molecule has 4 fully saturated rings. The molecule has 4 saturated carbocycles. The van der Waals surface area contributed by atoms with E-state index in [1.165, 1.54) is 38.5 Å². The van der Waals surface area contributed by atoms with Crippen molar-refractivity contribution in [3.8, 4) is 0 Å². The van der Waals surface area contributed by atoms with Gasteiger partial charge >= 0.3 is 0 Å². The maximum absolute atomic E-state index is 13.7. The van der Waals surface area contributed by atoms with Crippen LogP contribution in [0, 0.1) is 35.4 Å². The van der Waals surface area contributed by atoms with Crippen molar-refractivity contribution in [2.75, 3.05) is 0 Å². The number of benzene rings is 1. The van der Waals surface area contributed by atoms with E-state index in [1.807, 2.05) is 12.1 Å². The number of hydrogen-bond donors (Lipinski definition) is 0. The van der Waals surface area contributed by atoms with Crippen LogP contribution < -0.4 is 0 Å². The van der Waals surface area contributed by atoms with Crippen LogP contribution in [0.3, 0.4) is 0 Å². The third kappa shape index (κ3) is 2.11. The molecule has 19 heavy (non-hydrogen) atoms. The average Bonchev–Trinajstić information content (AvgIpc) is 2.39. The predicted octanol–water partition coefficient (Wildman–Crippen LogP) is 4.83. The number of halogens is 1. The molecule has 0 nitrogen and oxygen atoms in total. The van der Waals surface area contributed by atoms with Crippen LogP contribution in [0.2, 0.25) is 0 Å². The second-order valence-corrected chi connectivity index (χ2v) is 7.22. The topological polar surface area (TPSA) is 0 Å². The summed E-state index contributed by atoms with van der Waals surface area (Å²) < 4.78 is 13.7. The summed E-state index contributed by atoms with van der Waals surface area (Å²) in [4.78, 5) is 0. The zero-order chi connectivity index (χ0) is 12.8. The third-order valence-corrected chi connectivity index (χ3v) is 6.13. The van der Waals surface area contributed by atoms with E-state index in [0.717, 1.165) is 41.6 Å². The van der Waals surface area contributed by atoms with Gasteiger partial charge in [0.15, 0.2) is 0 Å². The first kappa shape index (κ1) is 11.9. The molecule has 0 saturated heterocycles. The Bertz CT molecular complexity index is 437. The molecule has 0 unspecified atom stereocenters. The minimum Gasteiger partial charge on any atom is -0.207 e. The summed E-state index contributed by atoms with van der Waals surface area (Å²) in [6.45, 7) is 0. The fraction of sp³-hybridized carbons (Fsp3) is 0.667. The van der Waals surface area contributed by atoms with Crippen molar-refractivity contribution in [1.29, 1.82) is 0 Å². The van der Waals surface area contributed by atoms with Crippen molar-refractivity contribution in [2.24, 2.45) is 29.6 Å². The standard InChI is InChI=1S/C18H23F/c19-18-4-2-1-3-14(18)5-6-17-15-8-12-7-13(10-15)11-16(17)9-12/h1-4,12-13,15-17H,5-11H2. The molecule has 4 aliphatic rings. The first-order chi connectivity index (χ1) is 9.29. The van der Waals surface area contributed by atoms with Crippen LogP contribution in [0.4, 0.5) is 4.39 Å². The average molecular weight is 258 g/mol. The maximum Gasteiger partial charge on any atom is 0.126 e. The van der Waals surface area contributed by atoms with Gasteiger partial charge in [-0.05, 0) is 86.2 Å². The lowest BCUT2D eigenvalue weighted by Gasteiger charge is -2.54. The predicted molar refractivity (Wildman–Crippen MR) is 75.3 cm³/mol. The fourth-order valence-corrected chi connectivity index (χ4v) is 5.53. The van der Waals surface area contributed by atoms with Crippen LogP contribution in [0.25, 0.3) is 0 Å². The second kappa shape index (κ2) is 4.61. The lowest BCUT2D eigenvalue weighted by Crippen LogP contribution is -2.45. The summed E-state index contributed by atoms with van der Waals surface area (Å²) in [6.07, 6.45) is 9.61. The van der Waals surface area contributed by atoms with Crippen LogP contribution >= 0.6 is 0 Å². The summed E-state index contributed by atoms with van der Waals surface area (Å²) >= 11 is 0. The highest BCUT2D eigenvalue weighted by atomic mass is 19.1. The second-order valence-electron chi connectivity index (χ2n) is 7.22. The molecule has 0 N–H and O–H groups in total. The Kier molecular flexibility index (Phi) is 2.90. The Hall–Kier alpha value is -0.850. The molecule has 0 aromatic heterocycles. The van der Waals surface area contributed by atoms with Crippen LogP contribution in [0.5, 0.6) is 0 Å². The van der Waals surface area contributed by atoms with E-state index in [9.17, 15) is 4.39 Å². The van der Waals surface area contributed by atoms with E-state index < -0.39 is 0 Å². The normalized spacial score (nSPS) is 39.7. The van der Waals surface area contributed by atoms with Gasteiger partial charge in [0, 0.05) is 0 Å². The Morgan fingerprint density at radius 2 is 1.53 bits per heavy atom. The zero-order valence-corrected chi connectivity index (χ0v) is 11.5. The van der Waals surface area contributed by atoms with Crippen molar-refractivity contribution >= 4 is 0 Å². The highest BCUT2D eigenvalue weighted by Gasteiger charge is 2.47. The van der Waals surface area contributed by atoms with Crippen LogP contribution in [0.1, 0.15) is 44.1 Å². The molecular formula is C18H23F. The molecule has 102 valence electrons. The minimum absolute atomic E-state index is 0.00804. The highest BCUT2D eigenvalue weighted by molar-refractivity contribution is 5.17. The van der Waals surface area contributed by atoms with E-state index in [-0.39, 0.29) is 5.82 Å². The SMILES string of the molecule is Fc1ccccc1CCC1C2CC3CC(C2)CC1C3. The largest absolute Gasteiger partial charge is 0.207 e. The summed E-state index contributed by atoms with van der Waals surface area (Å²) in [6, 6.07) is 7.33. The van der Waals surface area contributed by atoms with Gasteiger partial charge in [0.2, 0.25) is 0 Å². The molecule has 1 heteroatoms. The van der Waals surface area contributed by atoms with Gasteiger partial charge in [-0.2, -0.15) is 0 Å². The Morgan fingerprint density at radius 1 is 0.895 bits per heavy atom. The fourth-order valence-electron chi connectivity index (χ4n) is 5.53. The van der Waals surface area contributed by atoms with Crippen molar-refractivity contribution in [1.82, 2.24) is 0 Å². The van der Waals surface area contributed by atoms with Crippen LogP contribution in [-0.4, -0.2) is 0 Å². The first-order valence-corrected chi connectivity index (χ1v) is 8.03. The molecule has 0 atom stereocenters. The number of aryl methyl sites for hydroxylation is 1. The lowest BCUT2D eigenvalue weighted by atomic mass is 9.51. The molecule has 5 rings (SSSR count). The third-order valence-electron chi connectivity index (χ3n) is 6.13. The molecule has 1 aromatic rings. The van der Waals surface area contributed by atoms with Crippen molar-refractivity contribution in [3.63, 3.8) is 0 Å². The van der Waals surface area contributed by atoms with E-state index in [0.29, 0.717) is 0 Å². The van der Waals surface area contributed by atoms with Gasteiger partial charge in [-0.15, -0.1) is 0 Å². The number of hydrogen-bond acceptors (Lipinski definition) is 0. The summed E-state index contributed by atoms with van der Waals surface area (Å²) in [5.74, 6) is 4.93. The van der Waals surface area contributed by atoms with E-state index in [2.05, 4.69) is 0 Å². The van der Waals surface area contributed by atoms with E-state index in [1.54, 1.807) is 12.1 Å². The monoisotopic (exact) mass is 258 g/mol. The van der Waals surface area contributed by atoms with Gasteiger partial charge in [0.1, 0.15) is 5.82 Å². The van der Waals surface area contributed by atoms with Gasteiger partial charge in [-0.25, -0.2) is 4.39 Å². The van der Waals surface area contributed by atoms with Gasteiger partial charge in [-0.1, -0.05) is 18.2 Å². The Morgan fingerprint density at radius 3 is 2.16 bits per heavy atom. The maximum atomic E-state index is 13.7. The molecule has 1 aromatic carbocycles. The van der Waals surface area contributed by atoms with Gasteiger partial charge in [-0.3, -0.25) is 0 Å². The van der Waals surface area contributed by atoms with E-state index in [4.69, 9.17) is 0 Å². The lowest BCUT2D eigenvalue weighted by molar-refractivity contribution is -0.0394. The summed E-state index contributed by atoms with van der Waals surface area (Å²) in [5, 5.41) is 0. The Labute approximate surface area is 115 Å². The molecule has 4 bridgehead atoms. The first-order valence-electron chi connectivity index (χ1n) is 8.03. The summed E-state index contributed by atoms with van der Waals surface area (Å²) in [5.41, 5.74) is 0.927. The van der Waals surface area contributed by atoms with Crippen molar-refractivity contribution < 1.29 is 4.39 Å². The number of rotatable bonds is 3. The smallest absolute Gasteiger partial charge is 0.126 e. The zero-order valence-electron chi connectivity index (χ0n) is 11.5. The minimum atomic E-state index is -0.00804. The van der Waals surface area contributed by atoms with Gasteiger partial charge in [0.05, 0.1) is 0 Å². The van der Waals surface area contributed by atoms with E-state index >= 15 is 0 Å². The molecule has 0 heterocycles. The highest BCUT2D eigenvalue weighted by Crippen LogP contribution is 2.57.